The molecule has 3 aromatic rings. The highest BCUT2D eigenvalue weighted by Crippen LogP contribution is 2.24. The van der Waals surface area contributed by atoms with Gasteiger partial charge in [0.1, 0.15) is 6.04 Å². The quantitative estimate of drug-likeness (QED) is 0.761. The van der Waals surface area contributed by atoms with E-state index in [-0.39, 0.29) is 11.3 Å². The fraction of sp³-hybridized carbons (Fsp3) is 0.227. The molecule has 0 saturated heterocycles. The van der Waals surface area contributed by atoms with Crippen LogP contribution < -0.4 is 5.32 Å². The van der Waals surface area contributed by atoms with E-state index in [0.29, 0.717) is 5.56 Å². The molecule has 0 radical (unpaired) electrons. The van der Waals surface area contributed by atoms with Crippen LogP contribution in [0.5, 0.6) is 0 Å². The highest BCUT2D eigenvalue weighted by molar-refractivity contribution is 5.95. The summed E-state index contributed by atoms with van der Waals surface area (Å²) in [5.74, 6) is -0.289. The second-order valence-corrected chi connectivity index (χ2v) is 7.43. The van der Waals surface area contributed by atoms with E-state index < -0.39 is 6.04 Å². The zero-order valence-corrected chi connectivity index (χ0v) is 15.7. The summed E-state index contributed by atoms with van der Waals surface area (Å²) < 4.78 is 1.82. The molecule has 1 N–H and O–H groups in total. The van der Waals surface area contributed by atoms with Gasteiger partial charge in [-0.3, -0.25) is 4.79 Å². The Kier molecular flexibility index (Phi) is 5.09. The average molecular weight is 358 g/mol. The van der Waals surface area contributed by atoms with Crippen LogP contribution in [0, 0.1) is 11.3 Å². The maximum atomic E-state index is 12.6. The molecule has 0 aliphatic rings. The standard InChI is InChI=1S/C22H22N4O/c1-22(2,3)18-9-7-16(8-10-18)20(14-23)25-21(27)17-5-4-6-19(13-17)26-12-11-24-15-26/h4-13,15,20H,1-3H3,(H,25,27). The minimum atomic E-state index is -0.705. The molecule has 136 valence electrons. The highest BCUT2D eigenvalue weighted by Gasteiger charge is 2.18. The largest absolute Gasteiger partial charge is 0.332 e. The first kappa shape index (κ1) is 18.4. The molecule has 0 fully saturated rings. The topological polar surface area (TPSA) is 70.7 Å². The van der Waals surface area contributed by atoms with Gasteiger partial charge in [-0.1, -0.05) is 51.1 Å². The van der Waals surface area contributed by atoms with Gasteiger partial charge in [0.15, 0.2) is 0 Å². The Balaban J connectivity index is 1.78. The van der Waals surface area contributed by atoms with Gasteiger partial charge in [-0.05, 0) is 34.7 Å². The number of benzene rings is 2. The molecule has 0 spiro atoms. The number of hydrogen-bond acceptors (Lipinski definition) is 3. The van der Waals surface area contributed by atoms with Gasteiger partial charge in [-0.25, -0.2) is 4.98 Å². The smallest absolute Gasteiger partial charge is 0.252 e. The van der Waals surface area contributed by atoms with Crippen LogP contribution in [-0.2, 0) is 5.41 Å². The van der Waals surface area contributed by atoms with Crippen LogP contribution in [-0.4, -0.2) is 15.5 Å². The van der Waals surface area contributed by atoms with Gasteiger partial charge in [0.05, 0.1) is 12.4 Å². The van der Waals surface area contributed by atoms with Crippen molar-refractivity contribution in [1.29, 1.82) is 5.26 Å². The molecule has 5 nitrogen and oxygen atoms in total. The van der Waals surface area contributed by atoms with Gasteiger partial charge >= 0.3 is 0 Å². The lowest BCUT2D eigenvalue weighted by Crippen LogP contribution is -2.27. The Morgan fingerprint density at radius 3 is 2.52 bits per heavy atom. The van der Waals surface area contributed by atoms with Crippen molar-refractivity contribution in [3.63, 3.8) is 0 Å². The first-order chi connectivity index (χ1) is 12.9. The summed E-state index contributed by atoms with van der Waals surface area (Å²) in [6, 6.07) is 16.5. The molecule has 5 heteroatoms. The Hall–Kier alpha value is -3.39. The van der Waals surface area contributed by atoms with Crippen LogP contribution in [0.4, 0.5) is 0 Å². The van der Waals surface area contributed by atoms with Gasteiger partial charge in [0.2, 0.25) is 0 Å². The maximum absolute atomic E-state index is 12.6. The number of nitriles is 1. The van der Waals surface area contributed by atoms with Crippen LogP contribution in [0.25, 0.3) is 5.69 Å². The first-order valence-corrected chi connectivity index (χ1v) is 8.78. The van der Waals surface area contributed by atoms with Crippen molar-refractivity contribution in [1.82, 2.24) is 14.9 Å². The van der Waals surface area contributed by atoms with E-state index in [2.05, 4.69) is 37.1 Å². The minimum Gasteiger partial charge on any atom is -0.332 e. The van der Waals surface area contributed by atoms with Crippen molar-refractivity contribution < 1.29 is 4.79 Å². The number of nitrogens with zero attached hydrogens (tertiary/aromatic N) is 3. The molecular formula is C22H22N4O. The Labute approximate surface area is 159 Å². The number of hydrogen-bond donors (Lipinski definition) is 1. The lowest BCUT2D eigenvalue weighted by Gasteiger charge is -2.20. The van der Waals surface area contributed by atoms with E-state index >= 15 is 0 Å². The molecule has 3 rings (SSSR count). The molecule has 0 bridgehead atoms. The van der Waals surface area contributed by atoms with Gasteiger partial charge in [-0.15, -0.1) is 0 Å². The van der Waals surface area contributed by atoms with Crippen molar-refractivity contribution in [2.45, 2.75) is 32.2 Å². The van der Waals surface area contributed by atoms with Crippen molar-refractivity contribution in [2.75, 3.05) is 0 Å². The number of aromatic nitrogens is 2. The summed E-state index contributed by atoms with van der Waals surface area (Å²) in [4.78, 5) is 16.7. The third-order valence-corrected chi connectivity index (χ3v) is 4.43. The molecule has 1 aromatic heterocycles. The number of rotatable bonds is 4. The summed E-state index contributed by atoms with van der Waals surface area (Å²) in [6.45, 7) is 6.41. The maximum Gasteiger partial charge on any atom is 0.252 e. The zero-order chi connectivity index (χ0) is 19.4. The van der Waals surface area contributed by atoms with Crippen LogP contribution in [0.3, 0.4) is 0 Å². The molecular weight excluding hydrogens is 336 g/mol. The van der Waals surface area contributed by atoms with Crippen molar-refractivity contribution in [3.05, 3.63) is 83.9 Å². The van der Waals surface area contributed by atoms with Crippen LogP contribution >= 0.6 is 0 Å². The third-order valence-electron chi connectivity index (χ3n) is 4.43. The Bertz CT molecular complexity index is 961. The molecule has 0 aliphatic heterocycles. The van der Waals surface area contributed by atoms with Crippen LogP contribution in [0.2, 0.25) is 0 Å². The lowest BCUT2D eigenvalue weighted by atomic mass is 9.86. The van der Waals surface area contributed by atoms with Crippen molar-refractivity contribution in [3.8, 4) is 11.8 Å². The number of nitrogens with one attached hydrogen (secondary N) is 1. The zero-order valence-electron chi connectivity index (χ0n) is 15.7. The fourth-order valence-corrected chi connectivity index (χ4v) is 2.80. The van der Waals surface area contributed by atoms with Crippen LogP contribution in [0.1, 0.15) is 48.3 Å². The molecule has 1 atom stereocenters. The Morgan fingerprint density at radius 1 is 1.19 bits per heavy atom. The number of amides is 1. The number of imidazole rings is 1. The second kappa shape index (κ2) is 7.46. The summed E-state index contributed by atoms with van der Waals surface area (Å²) in [5.41, 5.74) is 3.32. The minimum absolute atomic E-state index is 0.0394. The van der Waals surface area contributed by atoms with E-state index in [1.165, 1.54) is 5.56 Å². The van der Waals surface area contributed by atoms with E-state index in [9.17, 15) is 10.1 Å². The number of carbonyl (C=O) groups is 1. The van der Waals surface area contributed by atoms with Crippen LogP contribution in [0.15, 0.2) is 67.3 Å². The summed E-state index contributed by atoms with van der Waals surface area (Å²) in [5, 5.41) is 12.3. The monoisotopic (exact) mass is 358 g/mol. The SMILES string of the molecule is CC(C)(C)c1ccc(C(C#N)NC(=O)c2cccc(-n3ccnc3)c2)cc1. The summed E-state index contributed by atoms with van der Waals surface area (Å²) in [7, 11) is 0. The van der Waals surface area contributed by atoms with E-state index in [4.69, 9.17) is 0 Å². The van der Waals surface area contributed by atoms with Gasteiger partial charge < -0.3 is 9.88 Å². The van der Waals surface area contributed by atoms with E-state index in [0.717, 1.165) is 11.3 Å². The second-order valence-electron chi connectivity index (χ2n) is 7.43. The first-order valence-electron chi connectivity index (χ1n) is 8.78. The molecule has 0 aliphatic carbocycles. The third kappa shape index (κ3) is 4.24. The molecule has 27 heavy (non-hydrogen) atoms. The van der Waals surface area contributed by atoms with Gasteiger partial charge in [0, 0.05) is 23.6 Å². The van der Waals surface area contributed by atoms with Crippen molar-refractivity contribution in [2.24, 2.45) is 0 Å². The van der Waals surface area contributed by atoms with E-state index in [1.807, 2.05) is 47.2 Å². The lowest BCUT2D eigenvalue weighted by molar-refractivity contribution is 0.0945. The summed E-state index contributed by atoms with van der Waals surface area (Å²) in [6.07, 6.45) is 5.16. The number of carbonyl (C=O) groups excluding carboxylic acids is 1. The predicted octanol–water partition coefficient (Wildman–Crippen LogP) is 4.16. The van der Waals surface area contributed by atoms with Crippen molar-refractivity contribution >= 4 is 5.91 Å². The highest BCUT2D eigenvalue weighted by atomic mass is 16.1. The molecule has 1 heterocycles. The Morgan fingerprint density at radius 2 is 1.93 bits per heavy atom. The fourth-order valence-electron chi connectivity index (χ4n) is 2.80. The molecule has 1 amide bonds. The predicted molar refractivity (Wildman–Crippen MR) is 105 cm³/mol. The average Bonchev–Trinajstić information content (AvgIpc) is 3.20. The summed E-state index contributed by atoms with van der Waals surface area (Å²) >= 11 is 0. The molecule has 0 saturated carbocycles. The normalized spacial score (nSPS) is 12.2. The molecule has 2 aromatic carbocycles. The van der Waals surface area contributed by atoms with E-state index in [1.54, 1.807) is 24.7 Å². The molecule has 1 unspecified atom stereocenters. The van der Waals surface area contributed by atoms with Gasteiger partial charge in [0.25, 0.3) is 5.91 Å². The van der Waals surface area contributed by atoms with Gasteiger partial charge in [-0.2, -0.15) is 5.26 Å².